The first-order chi connectivity index (χ1) is 6.72. The van der Waals surface area contributed by atoms with Gasteiger partial charge < -0.3 is 15.0 Å². The van der Waals surface area contributed by atoms with E-state index >= 15 is 0 Å². The van der Waals surface area contributed by atoms with E-state index < -0.39 is 0 Å². The van der Waals surface area contributed by atoms with Gasteiger partial charge in [0.1, 0.15) is 0 Å². The normalized spacial score (nSPS) is 41.8. The van der Waals surface area contributed by atoms with E-state index in [1.54, 1.807) is 0 Å². The Labute approximate surface area is 85.8 Å². The molecule has 3 fully saturated rings. The minimum Gasteiger partial charge on any atom is -0.365 e. The van der Waals surface area contributed by atoms with Crippen LogP contribution < -0.4 is 5.32 Å². The van der Waals surface area contributed by atoms with Crippen LogP contribution in [0, 0.1) is 0 Å². The minimum absolute atomic E-state index is 0.141. The molecule has 3 rings (SSSR count). The van der Waals surface area contributed by atoms with Gasteiger partial charge in [0, 0.05) is 19.6 Å². The number of ether oxygens (including phenoxy) is 1. The lowest BCUT2D eigenvalue weighted by Gasteiger charge is -2.47. The van der Waals surface area contributed by atoms with Crippen LogP contribution in [-0.4, -0.2) is 49.3 Å². The van der Waals surface area contributed by atoms with E-state index in [-0.39, 0.29) is 11.2 Å². The Morgan fingerprint density at radius 2 is 1.93 bits per heavy atom. The van der Waals surface area contributed by atoms with Gasteiger partial charge in [-0.2, -0.15) is 0 Å². The monoisotopic (exact) mass is 196 g/mol. The van der Waals surface area contributed by atoms with E-state index in [1.807, 2.05) is 0 Å². The Bertz CT molecular complexity index is 235. The third-order valence-corrected chi connectivity index (χ3v) is 3.87. The molecule has 1 saturated carbocycles. The van der Waals surface area contributed by atoms with E-state index in [2.05, 4.69) is 17.3 Å². The Balaban J connectivity index is 1.74. The fourth-order valence-corrected chi connectivity index (χ4v) is 3.02. The van der Waals surface area contributed by atoms with Crippen molar-refractivity contribution in [1.82, 2.24) is 10.2 Å². The molecule has 3 aliphatic rings. The van der Waals surface area contributed by atoms with Gasteiger partial charge in [-0.15, -0.1) is 0 Å². The molecule has 3 heteroatoms. The smallest absolute Gasteiger partial charge is 0.0940 e. The SMILES string of the molecule is CN1CCCC2(CNCC3(CC3)O2)C1. The molecule has 0 amide bonds. The molecule has 1 aliphatic carbocycles. The molecule has 2 aliphatic heterocycles. The summed E-state index contributed by atoms with van der Waals surface area (Å²) in [6.45, 7) is 4.48. The van der Waals surface area contributed by atoms with E-state index in [0.717, 1.165) is 19.6 Å². The lowest BCUT2D eigenvalue weighted by Crippen LogP contribution is -2.61. The van der Waals surface area contributed by atoms with Gasteiger partial charge in [-0.05, 0) is 39.3 Å². The highest BCUT2D eigenvalue weighted by atomic mass is 16.5. The minimum atomic E-state index is 0.141. The molecule has 2 heterocycles. The third-order valence-electron chi connectivity index (χ3n) is 3.87. The van der Waals surface area contributed by atoms with Crippen LogP contribution in [0.1, 0.15) is 25.7 Å². The second kappa shape index (κ2) is 2.94. The molecule has 0 aromatic rings. The summed E-state index contributed by atoms with van der Waals surface area (Å²) in [6, 6.07) is 0. The summed E-state index contributed by atoms with van der Waals surface area (Å²) < 4.78 is 6.38. The van der Waals surface area contributed by atoms with Gasteiger partial charge in [0.05, 0.1) is 11.2 Å². The fourth-order valence-electron chi connectivity index (χ4n) is 3.02. The Hall–Kier alpha value is -0.120. The van der Waals surface area contributed by atoms with Crippen LogP contribution in [0.25, 0.3) is 0 Å². The summed E-state index contributed by atoms with van der Waals surface area (Å²) in [7, 11) is 2.21. The molecule has 3 nitrogen and oxygen atoms in total. The molecule has 1 unspecified atom stereocenters. The highest BCUT2D eigenvalue weighted by Crippen LogP contribution is 2.46. The fraction of sp³-hybridized carbons (Fsp3) is 1.00. The number of likely N-dealkylation sites (N-methyl/N-ethyl adjacent to an activating group) is 1. The maximum atomic E-state index is 6.38. The summed E-state index contributed by atoms with van der Waals surface area (Å²) >= 11 is 0. The van der Waals surface area contributed by atoms with Crippen LogP contribution in [0.4, 0.5) is 0 Å². The molecule has 1 N–H and O–H groups in total. The van der Waals surface area contributed by atoms with Gasteiger partial charge >= 0.3 is 0 Å². The first-order valence-corrected chi connectivity index (χ1v) is 5.82. The van der Waals surface area contributed by atoms with Crippen molar-refractivity contribution in [1.29, 1.82) is 0 Å². The first-order valence-electron chi connectivity index (χ1n) is 5.82. The summed E-state index contributed by atoms with van der Waals surface area (Å²) in [4.78, 5) is 2.41. The number of morpholine rings is 1. The number of hydrogen-bond donors (Lipinski definition) is 1. The summed E-state index contributed by atoms with van der Waals surface area (Å²) in [5.74, 6) is 0. The lowest BCUT2D eigenvalue weighted by atomic mass is 9.91. The molecule has 2 saturated heterocycles. The Morgan fingerprint density at radius 1 is 1.14 bits per heavy atom. The van der Waals surface area contributed by atoms with Gasteiger partial charge in [-0.1, -0.05) is 0 Å². The molecule has 1 atom stereocenters. The van der Waals surface area contributed by atoms with Crippen LogP contribution in [0.15, 0.2) is 0 Å². The van der Waals surface area contributed by atoms with Gasteiger partial charge in [0.15, 0.2) is 0 Å². The van der Waals surface area contributed by atoms with Crippen molar-refractivity contribution in [2.45, 2.75) is 36.9 Å². The van der Waals surface area contributed by atoms with Crippen LogP contribution in [0.5, 0.6) is 0 Å². The predicted molar refractivity (Wildman–Crippen MR) is 55.4 cm³/mol. The average molecular weight is 196 g/mol. The van der Waals surface area contributed by atoms with Crippen molar-refractivity contribution in [2.24, 2.45) is 0 Å². The number of piperidine rings is 1. The van der Waals surface area contributed by atoms with E-state index in [0.29, 0.717) is 0 Å². The standard InChI is InChI=1S/C11H20N2O/c1-13-6-2-3-11(9-13)8-12-7-10(14-11)4-5-10/h12H,2-9H2,1H3. The quantitative estimate of drug-likeness (QED) is 0.614. The zero-order valence-electron chi connectivity index (χ0n) is 9.01. The summed E-state index contributed by atoms with van der Waals surface area (Å²) in [5, 5.41) is 3.57. The predicted octanol–water partition coefficient (Wildman–Crippen LogP) is 0.603. The molecular weight excluding hydrogens is 176 g/mol. The number of nitrogens with one attached hydrogen (secondary N) is 1. The van der Waals surface area contributed by atoms with E-state index in [9.17, 15) is 0 Å². The number of nitrogens with zero attached hydrogens (tertiary/aromatic N) is 1. The average Bonchev–Trinajstić information content (AvgIpc) is 2.84. The van der Waals surface area contributed by atoms with Crippen molar-refractivity contribution in [2.75, 3.05) is 33.2 Å². The Morgan fingerprint density at radius 3 is 2.64 bits per heavy atom. The van der Waals surface area contributed by atoms with Crippen molar-refractivity contribution in [3.8, 4) is 0 Å². The van der Waals surface area contributed by atoms with Gasteiger partial charge in [-0.25, -0.2) is 0 Å². The maximum Gasteiger partial charge on any atom is 0.0940 e. The topological polar surface area (TPSA) is 24.5 Å². The van der Waals surface area contributed by atoms with Crippen molar-refractivity contribution < 1.29 is 4.74 Å². The zero-order valence-corrected chi connectivity index (χ0v) is 9.01. The van der Waals surface area contributed by atoms with Crippen molar-refractivity contribution in [3.05, 3.63) is 0 Å². The van der Waals surface area contributed by atoms with Crippen LogP contribution in [0.2, 0.25) is 0 Å². The first kappa shape index (κ1) is 9.13. The molecular formula is C11H20N2O. The highest BCUT2D eigenvalue weighted by Gasteiger charge is 2.53. The second-order valence-corrected chi connectivity index (χ2v) is 5.41. The molecule has 0 aromatic heterocycles. The lowest BCUT2D eigenvalue weighted by molar-refractivity contribution is -0.155. The van der Waals surface area contributed by atoms with Gasteiger partial charge in [0.2, 0.25) is 0 Å². The van der Waals surface area contributed by atoms with Crippen molar-refractivity contribution in [3.63, 3.8) is 0 Å². The van der Waals surface area contributed by atoms with E-state index in [4.69, 9.17) is 4.74 Å². The Kier molecular flexibility index (Phi) is 1.92. The summed E-state index contributed by atoms with van der Waals surface area (Å²) in [6.07, 6.45) is 5.07. The largest absolute Gasteiger partial charge is 0.365 e. The molecule has 14 heavy (non-hydrogen) atoms. The molecule has 0 radical (unpaired) electrons. The molecule has 0 aromatic carbocycles. The number of rotatable bonds is 0. The van der Waals surface area contributed by atoms with Crippen molar-refractivity contribution >= 4 is 0 Å². The molecule has 2 spiro atoms. The van der Waals surface area contributed by atoms with Gasteiger partial charge in [0.25, 0.3) is 0 Å². The zero-order chi connectivity index (χ0) is 9.65. The summed E-state index contributed by atoms with van der Waals surface area (Å²) in [5.41, 5.74) is 0.387. The van der Waals surface area contributed by atoms with E-state index in [1.165, 1.54) is 32.2 Å². The third kappa shape index (κ3) is 1.47. The van der Waals surface area contributed by atoms with Crippen LogP contribution >= 0.6 is 0 Å². The van der Waals surface area contributed by atoms with Gasteiger partial charge in [-0.3, -0.25) is 0 Å². The highest BCUT2D eigenvalue weighted by molar-refractivity contribution is 5.06. The number of likely N-dealkylation sites (tertiary alicyclic amines) is 1. The van der Waals surface area contributed by atoms with Crippen LogP contribution in [0.3, 0.4) is 0 Å². The molecule has 0 bridgehead atoms. The molecule has 80 valence electrons. The maximum absolute atomic E-state index is 6.38. The second-order valence-electron chi connectivity index (χ2n) is 5.41. The number of hydrogen-bond acceptors (Lipinski definition) is 3. The van der Waals surface area contributed by atoms with Crippen LogP contribution in [-0.2, 0) is 4.74 Å².